The Morgan fingerprint density at radius 1 is 2.14 bits per heavy atom. The highest BCUT2D eigenvalue weighted by atomic mass is 31.0. The second-order valence-corrected chi connectivity index (χ2v) is 1.11. The fourth-order valence-corrected chi connectivity index (χ4v) is 0. The summed E-state index contributed by atoms with van der Waals surface area (Å²) in [5, 5.41) is 0. The summed E-state index contributed by atoms with van der Waals surface area (Å²) in [5.74, 6) is -0.111. The SMILES string of the molecule is [3H]C(P)C(C)=O.[3H]CP. The lowest BCUT2D eigenvalue weighted by Crippen LogP contribution is -1.85. The Kier molecular flexibility index (Phi) is 7.87. The van der Waals surface area contributed by atoms with Crippen LogP contribution in [-0.4, -0.2) is 18.6 Å². The number of Topliss-reactive ketones (excluding diaryl/α,β-unsaturated/α-hetero) is 1. The van der Waals surface area contributed by atoms with E-state index in [1.807, 2.05) is 0 Å². The van der Waals surface area contributed by atoms with Crippen molar-refractivity contribution in [2.75, 3.05) is 12.8 Å². The van der Waals surface area contributed by atoms with Gasteiger partial charge in [0, 0.05) is 8.88 Å². The van der Waals surface area contributed by atoms with Crippen LogP contribution < -0.4 is 0 Å². The van der Waals surface area contributed by atoms with Crippen LogP contribution in [0.4, 0.5) is 0 Å². The van der Waals surface area contributed by atoms with Crippen molar-refractivity contribution in [2.45, 2.75) is 6.92 Å². The van der Waals surface area contributed by atoms with Crippen LogP contribution in [0.1, 0.15) is 9.67 Å². The lowest BCUT2D eigenvalue weighted by atomic mass is 10.5. The van der Waals surface area contributed by atoms with Crippen molar-refractivity contribution in [1.29, 1.82) is 0 Å². The monoisotopic (exact) mass is 142 g/mol. The number of ketones is 1. The largest absolute Gasteiger partial charge is 0.300 e. The molecule has 0 bridgehead atoms. The lowest BCUT2D eigenvalue weighted by Gasteiger charge is -1.71. The van der Waals surface area contributed by atoms with Crippen LogP contribution >= 0.6 is 18.5 Å². The summed E-state index contributed by atoms with van der Waals surface area (Å²) in [7, 11) is 4.34. The van der Waals surface area contributed by atoms with E-state index in [0.717, 1.165) is 0 Å². The number of rotatable bonds is 1. The molecule has 0 radical (unpaired) electrons. The minimum Gasteiger partial charge on any atom is -0.300 e. The first kappa shape index (κ1) is 5.66. The van der Waals surface area contributed by atoms with Crippen LogP contribution in [0.2, 0.25) is 0 Å². The predicted octanol–water partition coefficient (Wildman–Crippen LogP) is 0.942. The zero-order valence-electron chi connectivity index (χ0n) is 6.35. The molecule has 7 heavy (non-hydrogen) atoms. The molecule has 0 amide bonds. The van der Waals surface area contributed by atoms with Gasteiger partial charge in [0.05, 0.1) is 0 Å². The third-order valence-electron chi connectivity index (χ3n) is 0.235. The third kappa shape index (κ3) is 20.9. The van der Waals surface area contributed by atoms with Crippen molar-refractivity contribution in [3.8, 4) is 0 Å². The van der Waals surface area contributed by atoms with Crippen LogP contribution in [0, 0.1) is 0 Å². The topological polar surface area (TPSA) is 17.1 Å². The first-order chi connectivity index (χ1) is 4.06. The average molecular weight is 142 g/mol. The van der Waals surface area contributed by atoms with Crippen LogP contribution in [0.15, 0.2) is 0 Å². The van der Waals surface area contributed by atoms with Gasteiger partial charge in [-0.1, -0.05) is 6.64 Å². The second-order valence-electron chi connectivity index (χ2n) is 0.777. The molecule has 1 nitrogen and oxygen atoms in total. The van der Waals surface area contributed by atoms with Gasteiger partial charge in [-0.25, -0.2) is 0 Å². The van der Waals surface area contributed by atoms with Crippen molar-refractivity contribution >= 4 is 24.3 Å². The quantitative estimate of drug-likeness (QED) is 0.498. The Balaban J connectivity index is 0. The van der Waals surface area contributed by atoms with Gasteiger partial charge < -0.3 is 0 Å². The summed E-state index contributed by atoms with van der Waals surface area (Å²) in [6, 6.07) is 0. The number of carbonyl (C=O) groups is 1. The molecule has 0 rings (SSSR count). The van der Waals surface area contributed by atoms with E-state index < -0.39 is 6.14 Å². The van der Waals surface area contributed by atoms with Crippen LogP contribution in [0.5, 0.6) is 0 Å². The smallest absolute Gasteiger partial charge is 0.133 e. The number of hydrogen-bond acceptors (Lipinski definition) is 1. The Hall–Kier alpha value is 0.530. The first-order valence-electron chi connectivity index (χ1n) is 3.02. The molecule has 0 fully saturated rings. The van der Waals surface area contributed by atoms with E-state index in [1.165, 1.54) is 6.92 Å². The zero-order chi connectivity index (χ0) is 7.86. The zero-order valence-corrected chi connectivity index (χ0v) is 6.66. The van der Waals surface area contributed by atoms with Crippen LogP contribution in [0.3, 0.4) is 0 Å². The highest BCUT2D eigenvalue weighted by molar-refractivity contribution is 7.18. The lowest BCUT2D eigenvalue weighted by molar-refractivity contribution is -0.114. The fourth-order valence-electron chi connectivity index (χ4n) is 0. The molecule has 0 N–H and O–H groups in total. The molecule has 44 valence electrons. The Morgan fingerprint density at radius 2 is 2.29 bits per heavy atom. The van der Waals surface area contributed by atoms with E-state index in [4.69, 9.17) is 2.74 Å². The normalized spacial score (nSPS) is 14.7. The molecule has 0 aliphatic carbocycles. The van der Waals surface area contributed by atoms with Gasteiger partial charge in [-0.2, -0.15) is 0 Å². The summed E-state index contributed by atoms with van der Waals surface area (Å²) in [6.45, 7) is 1.81. The summed E-state index contributed by atoms with van der Waals surface area (Å²) in [6.07, 6.45) is -0.620. The van der Waals surface area contributed by atoms with Crippen molar-refractivity contribution < 1.29 is 7.54 Å². The maximum Gasteiger partial charge on any atom is 0.133 e. The molecule has 0 spiro atoms. The van der Waals surface area contributed by atoms with Gasteiger partial charge in [0.15, 0.2) is 0 Å². The molecular formula is C4H12OP2. The van der Waals surface area contributed by atoms with E-state index >= 15 is 0 Å². The van der Waals surface area contributed by atoms with Crippen molar-refractivity contribution in [3.63, 3.8) is 0 Å². The third-order valence-corrected chi connectivity index (χ3v) is 0.704. The first-order valence-corrected chi connectivity index (χ1v) is 3.22. The summed E-state index contributed by atoms with van der Waals surface area (Å²) in [5.41, 5.74) is 0. The summed E-state index contributed by atoms with van der Waals surface area (Å²) < 4.78 is 12.8. The van der Waals surface area contributed by atoms with E-state index in [0.29, 0.717) is 6.64 Å². The predicted molar refractivity (Wildman–Crippen MR) is 40.9 cm³/mol. The van der Waals surface area contributed by atoms with Crippen LogP contribution in [-0.2, 0) is 4.79 Å². The van der Waals surface area contributed by atoms with Crippen molar-refractivity contribution in [1.82, 2.24) is 0 Å². The van der Waals surface area contributed by atoms with E-state index in [1.54, 1.807) is 0 Å². The highest BCUT2D eigenvalue weighted by Crippen LogP contribution is 1.77. The maximum atomic E-state index is 9.94. The molecule has 0 aliphatic heterocycles. The molecule has 0 saturated heterocycles. The standard InChI is InChI=1S/C3H7OP.CH5P/c1-3(4)2-5;1-2/h2,5H2,1H3;2H2,1H3/i2T;1T. The number of hydrogen-bond donors (Lipinski definition) is 0. The summed E-state index contributed by atoms with van der Waals surface area (Å²) >= 11 is 0. The molecule has 3 atom stereocenters. The molecule has 3 unspecified atom stereocenters. The minimum atomic E-state index is -0.620. The van der Waals surface area contributed by atoms with Gasteiger partial charge in [-0.15, -0.1) is 18.5 Å². The highest BCUT2D eigenvalue weighted by Gasteiger charge is 1.77. The minimum absolute atomic E-state index is 0.111. The molecule has 0 aliphatic rings. The van der Waals surface area contributed by atoms with E-state index in [2.05, 4.69) is 18.5 Å². The van der Waals surface area contributed by atoms with Gasteiger partial charge in [-0.05, 0) is 6.92 Å². The van der Waals surface area contributed by atoms with Gasteiger partial charge in [0.1, 0.15) is 5.78 Å². The maximum absolute atomic E-state index is 9.94. The van der Waals surface area contributed by atoms with Gasteiger partial charge in [-0.3, -0.25) is 4.79 Å². The Labute approximate surface area is 52.5 Å². The van der Waals surface area contributed by atoms with Gasteiger partial charge in [0.25, 0.3) is 0 Å². The molecule has 3 heteroatoms. The van der Waals surface area contributed by atoms with Crippen molar-refractivity contribution in [3.05, 3.63) is 0 Å². The molecule has 0 heterocycles. The van der Waals surface area contributed by atoms with E-state index in [9.17, 15) is 4.79 Å². The fraction of sp³-hybridized carbons (Fsp3) is 0.750. The summed E-state index contributed by atoms with van der Waals surface area (Å²) in [4.78, 5) is 9.94. The Morgan fingerprint density at radius 3 is 2.29 bits per heavy atom. The van der Waals surface area contributed by atoms with Gasteiger partial charge >= 0.3 is 0 Å². The molecular weight excluding hydrogens is 126 g/mol. The number of carbonyl (C=O) groups excluding carboxylic acids is 1. The van der Waals surface area contributed by atoms with Crippen molar-refractivity contribution in [2.24, 2.45) is 0 Å². The molecule has 0 aromatic rings. The second kappa shape index (κ2) is 9.73. The molecule has 0 aromatic carbocycles. The van der Waals surface area contributed by atoms with Gasteiger partial charge in [0.2, 0.25) is 0 Å². The Bertz CT molecular complexity index is 77.0. The van der Waals surface area contributed by atoms with Crippen LogP contribution in [0.25, 0.3) is 0 Å². The molecule has 0 aromatic heterocycles. The average Bonchev–Trinajstić information content (AvgIpc) is 1.68. The molecule has 0 saturated carbocycles. The van der Waals surface area contributed by atoms with E-state index in [-0.39, 0.29) is 5.78 Å².